The molecule has 0 aliphatic carbocycles. The molecule has 0 saturated heterocycles. The Morgan fingerprint density at radius 2 is 2.24 bits per heavy atom. The van der Waals surface area contributed by atoms with Crippen LogP contribution in [-0.2, 0) is 13.0 Å². The van der Waals surface area contributed by atoms with E-state index in [2.05, 4.69) is 46.8 Å². The molecule has 5 nitrogen and oxygen atoms in total. The summed E-state index contributed by atoms with van der Waals surface area (Å²) in [4.78, 5) is 6.96. The summed E-state index contributed by atoms with van der Waals surface area (Å²) in [5.41, 5.74) is 0.885. The molecule has 2 rings (SSSR count). The molecule has 0 aliphatic heterocycles. The Morgan fingerprint density at radius 1 is 1.43 bits per heavy atom. The maximum Gasteiger partial charge on any atom is 0.191 e. The van der Waals surface area contributed by atoms with Gasteiger partial charge in [0.05, 0.1) is 12.2 Å². The fraction of sp³-hybridized carbons (Fsp3) is 0.467. The number of nitrogens with zero attached hydrogens (tertiary/aromatic N) is 2. The van der Waals surface area contributed by atoms with E-state index in [9.17, 15) is 0 Å². The van der Waals surface area contributed by atoms with E-state index >= 15 is 0 Å². The molecule has 6 heteroatoms. The predicted octanol–water partition coefficient (Wildman–Crippen LogP) is 2.65. The van der Waals surface area contributed by atoms with E-state index in [0.717, 1.165) is 23.8 Å². The molecule has 0 spiro atoms. The second-order valence-electron chi connectivity index (χ2n) is 5.12. The van der Waals surface area contributed by atoms with Gasteiger partial charge in [-0.05, 0) is 32.9 Å². The lowest BCUT2D eigenvalue weighted by atomic mass is 10.2. The lowest BCUT2D eigenvalue weighted by Crippen LogP contribution is -2.42. The molecule has 114 valence electrons. The van der Waals surface area contributed by atoms with Crippen LogP contribution in [0.4, 0.5) is 0 Å². The number of guanidine groups is 1. The quantitative estimate of drug-likeness (QED) is 0.658. The minimum Gasteiger partial charge on any atom is -0.359 e. The highest BCUT2D eigenvalue weighted by molar-refractivity contribution is 7.11. The van der Waals surface area contributed by atoms with E-state index in [1.807, 2.05) is 24.3 Å². The molecular formula is C15H22N4OS. The Hall–Kier alpha value is -1.82. The molecule has 1 unspecified atom stereocenters. The number of aryl methyl sites for hydroxylation is 2. The highest BCUT2D eigenvalue weighted by Crippen LogP contribution is 2.16. The van der Waals surface area contributed by atoms with Crippen molar-refractivity contribution in [3.63, 3.8) is 0 Å². The van der Waals surface area contributed by atoms with Gasteiger partial charge < -0.3 is 15.2 Å². The van der Waals surface area contributed by atoms with Gasteiger partial charge in [0.15, 0.2) is 11.7 Å². The van der Waals surface area contributed by atoms with E-state index in [-0.39, 0.29) is 0 Å². The fourth-order valence-electron chi connectivity index (χ4n) is 2.05. The summed E-state index contributed by atoms with van der Waals surface area (Å²) < 4.78 is 5.17. The number of hydrogen-bond acceptors (Lipinski definition) is 4. The second-order valence-corrected chi connectivity index (χ2v) is 6.49. The van der Waals surface area contributed by atoms with Gasteiger partial charge in [0.1, 0.15) is 0 Å². The van der Waals surface area contributed by atoms with Crippen LogP contribution in [0.5, 0.6) is 0 Å². The standard InChI is InChI=1S/C15H22N4OS/c1-10(8-14-6-5-12(3)21-14)18-15(16-4)17-9-13-7-11(2)19-20-13/h5-7,10H,8-9H2,1-4H3,(H2,16,17,18). The van der Waals surface area contributed by atoms with Crippen LogP contribution in [0.15, 0.2) is 27.7 Å². The van der Waals surface area contributed by atoms with Crippen molar-refractivity contribution in [3.8, 4) is 0 Å². The first-order valence-electron chi connectivity index (χ1n) is 7.01. The zero-order chi connectivity index (χ0) is 15.2. The van der Waals surface area contributed by atoms with Gasteiger partial charge in [0, 0.05) is 35.3 Å². The average Bonchev–Trinajstić information content (AvgIpc) is 3.03. The topological polar surface area (TPSA) is 62.5 Å². The van der Waals surface area contributed by atoms with Crippen molar-refractivity contribution in [1.82, 2.24) is 15.8 Å². The van der Waals surface area contributed by atoms with Crippen LogP contribution in [0.1, 0.15) is 28.1 Å². The molecule has 2 N–H and O–H groups in total. The average molecular weight is 306 g/mol. The summed E-state index contributed by atoms with van der Waals surface area (Å²) >= 11 is 1.84. The molecule has 0 bridgehead atoms. The van der Waals surface area contributed by atoms with Crippen LogP contribution in [0.25, 0.3) is 0 Å². The zero-order valence-corrected chi connectivity index (χ0v) is 13.8. The predicted molar refractivity (Wildman–Crippen MR) is 86.8 cm³/mol. The van der Waals surface area contributed by atoms with Gasteiger partial charge in [0.25, 0.3) is 0 Å². The maximum absolute atomic E-state index is 5.17. The van der Waals surface area contributed by atoms with Crippen molar-refractivity contribution in [3.05, 3.63) is 39.4 Å². The molecule has 0 aliphatic rings. The van der Waals surface area contributed by atoms with Gasteiger partial charge in [-0.2, -0.15) is 0 Å². The smallest absolute Gasteiger partial charge is 0.191 e. The monoisotopic (exact) mass is 306 g/mol. The van der Waals surface area contributed by atoms with Crippen LogP contribution in [0.3, 0.4) is 0 Å². The molecule has 2 aromatic rings. The molecule has 0 amide bonds. The summed E-state index contributed by atoms with van der Waals surface area (Å²) in [6.07, 6.45) is 0.987. The first-order valence-corrected chi connectivity index (χ1v) is 7.83. The maximum atomic E-state index is 5.17. The van der Waals surface area contributed by atoms with Crippen molar-refractivity contribution in [2.45, 2.75) is 39.8 Å². The van der Waals surface area contributed by atoms with Gasteiger partial charge in [-0.3, -0.25) is 4.99 Å². The normalized spacial score (nSPS) is 13.2. The summed E-state index contributed by atoms with van der Waals surface area (Å²) in [7, 11) is 1.77. The molecule has 1 atom stereocenters. The molecule has 2 heterocycles. The molecule has 21 heavy (non-hydrogen) atoms. The minimum absolute atomic E-state index is 0.311. The van der Waals surface area contributed by atoms with Gasteiger partial charge in [-0.1, -0.05) is 5.16 Å². The first-order chi connectivity index (χ1) is 10.1. The first kappa shape index (κ1) is 15.6. The second kappa shape index (κ2) is 7.26. The number of rotatable bonds is 5. The van der Waals surface area contributed by atoms with E-state index in [4.69, 9.17) is 4.52 Å². The Labute approximate surface area is 129 Å². The summed E-state index contributed by atoms with van der Waals surface area (Å²) in [6.45, 7) is 6.77. The van der Waals surface area contributed by atoms with Crippen LogP contribution in [-0.4, -0.2) is 24.2 Å². The zero-order valence-electron chi connectivity index (χ0n) is 12.9. The van der Waals surface area contributed by atoms with Crippen molar-refractivity contribution in [2.75, 3.05) is 7.05 Å². The third-order valence-electron chi connectivity index (χ3n) is 3.02. The van der Waals surface area contributed by atoms with Crippen LogP contribution < -0.4 is 10.6 Å². The highest BCUT2D eigenvalue weighted by atomic mass is 32.1. The third-order valence-corrected chi connectivity index (χ3v) is 4.04. The van der Waals surface area contributed by atoms with Crippen LogP contribution in [0, 0.1) is 13.8 Å². The van der Waals surface area contributed by atoms with Crippen molar-refractivity contribution in [1.29, 1.82) is 0 Å². The number of hydrogen-bond donors (Lipinski definition) is 2. The van der Waals surface area contributed by atoms with Gasteiger partial charge >= 0.3 is 0 Å². The molecule has 0 fully saturated rings. The Morgan fingerprint density at radius 3 is 2.81 bits per heavy atom. The van der Waals surface area contributed by atoms with Crippen molar-refractivity contribution < 1.29 is 4.52 Å². The van der Waals surface area contributed by atoms with Crippen molar-refractivity contribution in [2.24, 2.45) is 4.99 Å². The van der Waals surface area contributed by atoms with E-state index < -0.39 is 0 Å². The van der Waals surface area contributed by atoms with Crippen molar-refractivity contribution >= 4 is 17.3 Å². The van der Waals surface area contributed by atoms with E-state index in [0.29, 0.717) is 12.6 Å². The Bertz CT molecular complexity index is 602. The molecule has 0 radical (unpaired) electrons. The Kier molecular flexibility index (Phi) is 5.38. The largest absolute Gasteiger partial charge is 0.359 e. The number of thiophene rings is 1. The number of nitrogens with one attached hydrogen (secondary N) is 2. The Balaban J connectivity index is 1.81. The molecule has 2 aromatic heterocycles. The van der Waals surface area contributed by atoms with Gasteiger partial charge in [0.2, 0.25) is 0 Å². The van der Waals surface area contributed by atoms with Gasteiger partial charge in [-0.15, -0.1) is 11.3 Å². The van der Waals surface area contributed by atoms with Gasteiger partial charge in [-0.25, -0.2) is 0 Å². The lowest BCUT2D eigenvalue weighted by molar-refractivity contribution is 0.376. The number of aliphatic imine (C=N–C) groups is 1. The molecule has 0 aromatic carbocycles. The lowest BCUT2D eigenvalue weighted by Gasteiger charge is -2.16. The summed E-state index contributed by atoms with van der Waals surface area (Å²) in [5.74, 6) is 1.57. The number of aromatic nitrogens is 1. The summed E-state index contributed by atoms with van der Waals surface area (Å²) in [6, 6.07) is 6.57. The van der Waals surface area contributed by atoms with E-state index in [1.54, 1.807) is 7.05 Å². The summed E-state index contributed by atoms with van der Waals surface area (Å²) in [5, 5.41) is 10.5. The van der Waals surface area contributed by atoms with E-state index in [1.165, 1.54) is 9.75 Å². The third kappa shape index (κ3) is 4.90. The fourth-order valence-corrected chi connectivity index (χ4v) is 3.07. The van der Waals surface area contributed by atoms with Crippen LogP contribution in [0.2, 0.25) is 0 Å². The molecular weight excluding hydrogens is 284 g/mol. The minimum atomic E-state index is 0.311. The highest BCUT2D eigenvalue weighted by Gasteiger charge is 2.08. The van der Waals surface area contributed by atoms with Crippen LogP contribution >= 0.6 is 11.3 Å². The SMILES string of the molecule is CN=C(NCc1cc(C)no1)NC(C)Cc1ccc(C)s1. The molecule has 0 saturated carbocycles.